The Hall–Kier alpha value is -0.610. The molecule has 0 aromatic heterocycles. The number of amides is 1. The van der Waals surface area contributed by atoms with Gasteiger partial charge >= 0.3 is 0 Å². The van der Waals surface area contributed by atoms with Crippen LogP contribution in [0.3, 0.4) is 0 Å². The Bertz CT molecular complexity index is 269. The average molecular weight is 213 g/mol. The fraction of sp³-hybridized carbons (Fsp3) is 0.909. The summed E-state index contributed by atoms with van der Waals surface area (Å²) < 4.78 is 11.3. The Balaban J connectivity index is 2.16. The Kier molecular flexibility index (Phi) is 2.51. The Morgan fingerprint density at radius 1 is 1.27 bits per heavy atom. The van der Waals surface area contributed by atoms with E-state index < -0.39 is 5.79 Å². The number of primary amides is 1. The molecule has 15 heavy (non-hydrogen) atoms. The molecule has 86 valence electrons. The van der Waals surface area contributed by atoms with Gasteiger partial charge in [-0.15, -0.1) is 0 Å². The molecular weight excluding hydrogens is 194 g/mol. The van der Waals surface area contributed by atoms with Crippen LogP contribution < -0.4 is 5.73 Å². The number of hydrogen-bond donors (Lipinski definition) is 1. The Morgan fingerprint density at radius 3 is 2.40 bits per heavy atom. The van der Waals surface area contributed by atoms with Gasteiger partial charge in [-0.05, 0) is 11.8 Å². The summed E-state index contributed by atoms with van der Waals surface area (Å²) in [6, 6.07) is 0. The zero-order chi connectivity index (χ0) is 11.1. The molecule has 1 atom stereocenters. The monoisotopic (exact) mass is 213 g/mol. The van der Waals surface area contributed by atoms with Gasteiger partial charge in [0.1, 0.15) is 0 Å². The van der Waals surface area contributed by atoms with E-state index in [0.29, 0.717) is 19.6 Å². The normalized spacial score (nSPS) is 33.1. The maximum absolute atomic E-state index is 11.4. The first-order valence-electron chi connectivity index (χ1n) is 5.52. The molecule has 1 unspecified atom stereocenters. The zero-order valence-corrected chi connectivity index (χ0v) is 9.41. The number of rotatable bonds is 1. The van der Waals surface area contributed by atoms with Crippen molar-refractivity contribution in [2.45, 2.75) is 38.9 Å². The second-order valence-corrected chi connectivity index (χ2v) is 5.26. The van der Waals surface area contributed by atoms with E-state index in [-0.39, 0.29) is 17.2 Å². The summed E-state index contributed by atoms with van der Waals surface area (Å²) in [6.45, 7) is 5.44. The number of hydrogen-bond acceptors (Lipinski definition) is 3. The van der Waals surface area contributed by atoms with Crippen molar-refractivity contribution in [3.05, 3.63) is 0 Å². The SMILES string of the molecule is CC1(C)CCC2(CC1C(N)=O)OCCO2. The molecule has 4 nitrogen and oxygen atoms in total. The molecule has 1 saturated heterocycles. The summed E-state index contributed by atoms with van der Waals surface area (Å²) in [6.07, 6.45) is 2.39. The van der Waals surface area contributed by atoms with Crippen LogP contribution in [0.4, 0.5) is 0 Å². The largest absolute Gasteiger partial charge is 0.369 e. The number of nitrogens with two attached hydrogens (primary N) is 1. The van der Waals surface area contributed by atoms with E-state index >= 15 is 0 Å². The van der Waals surface area contributed by atoms with Crippen LogP contribution >= 0.6 is 0 Å². The van der Waals surface area contributed by atoms with Crippen molar-refractivity contribution in [3.63, 3.8) is 0 Å². The molecule has 0 aromatic carbocycles. The molecule has 0 aromatic rings. The minimum absolute atomic E-state index is 0.0353. The lowest BCUT2D eigenvalue weighted by Crippen LogP contribution is -2.48. The molecular formula is C11H19NO3. The summed E-state index contributed by atoms with van der Waals surface area (Å²) in [5, 5.41) is 0. The zero-order valence-electron chi connectivity index (χ0n) is 9.41. The van der Waals surface area contributed by atoms with Gasteiger partial charge in [0, 0.05) is 18.8 Å². The molecule has 0 radical (unpaired) electrons. The van der Waals surface area contributed by atoms with Crippen molar-refractivity contribution in [2.24, 2.45) is 17.1 Å². The van der Waals surface area contributed by atoms with E-state index in [0.717, 1.165) is 12.8 Å². The van der Waals surface area contributed by atoms with Gasteiger partial charge in [0.05, 0.1) is 13.2 Å². The smallest absolute Gasteiger partial charge is 0.221 e. The summed E-state index contributed by atoms with van der Waals surface area (Å²) in [4.78, 5) is 11.4. The fourth-order valence-electron chi connectivity index (χ4n) is 2.62. The maximum atomic E-state index is 11.4. The lowest BCUT2D eigenvalue weighted by molar-refractivity contribution is -0.204. The molecule has 2 fully saturated rings. The molecule has 1 saturated carbocycles. The van der Waals surface area contributed by atoms with E-state index in [4.69, 9.17) is 15.2 Å². The van der Waals surface area contributed by atoms with Crippen LogP contribution in [0.15, 0.2) is 0 Å². The highest BCUT2D eigenvalue weighted by atomic mass is 16.7. The number of carbonyl (C=O) groups excluding carboxylic acids is 1. The van der Waals surface area contributed by atoms with E-state index in [9.17, 15) is 4.79 Å². The van der Waals surface area contributed by atoms with Gasteiger partial charge in [0.25, 0.3) is 0 Å². The highest BCUT2D eigenvalue weighted by Gasteiger charge is 2.50. The van der Waals surface area contributed by atoms with E-state index in [1.54, 1.807) is 0 Å². The summed E-state index contributed by atoms with van der Waals surface area (Å²) in [7, 11) is 0. The van der Waals surface area contributed by atoms with Gasteiger partial charge in [-0.25, -0.2) is 0 Å². The first-order chi connectivity index (χ1) is 6.95. The Morgan fingerprint density at radius 2 is 1.87 bits per heavy atom. The van der Waals surface area contributed by atoms with Gasteiger partial charge in [-0.1, -0.05) is 13.8 Å². The average Bonchev–Trinajstić information content (AvgIpc) is 2.59. The quantitative estimate of drug-likeness (QED) is 0.708. The van der Waals surface area contributed by atoms with Gasteiger partial charge < -0.3 is 15.2 Å². The molecule has 1 aliphatic carbocycles. The van der Waals surface area contributed by atoms with Gasteiger partial charge in [0.2, 0.25) is 5.91 Å². The summed E-state index contributed by atoms with van der Waals surface area (Å²) in [5.41, 5.74) is 5.41. The molecule has 2 N–H and O–H groups in total. The predicted molar refractivity (Wildman–Crippen MR) is 55.0 cm³/mol. The lowest BCUT2D eigenvalue weighted by Gasteiger charge is -2.44. The third-order valence-corrected chi connectivity index (χ3v) is 3.77. The minimum atomic E-state index is -0.519. The molecule has 1 heterocycles. The third-order valence-electron chi connectivity index (χ3n) is 3.77. The standard InChI is InChI=1S/C11H19NO3/c1-10(2)3-4-11(14-5-6-15-11)7-8(10)9(12)13/h8H,3-7H2,1-2H3,(H2,12,13). The van der Waals surface area contributed by atoms with Gasteiger partial charge in [-0.2, -0.15) is 0 Å². The van der Waals surface area contributed by atoms with Gasteiger partial charge in [-0.3, -0.25) is 4.79 Å². The van der Waals surface area contributed by atoms with Crippen molar-refractivity contribution < 1.29 is 14.3 Å². The number of carbonyl (C=O) groups is 1. The molecule has 1 aliphatic heterocycles. The summed E-state index contributed by atoms with van der Waals surface area (Å²) >= 11 is 0. The van der Waals surface area contributed by atoms with Crippen LogP contribution in [0.2, 0.25) is 0 Å². The van der Waals surface area contributed by atoms with Gasteiger partial charge in [0.15, 0.2) is 5.79 Å². The lowest BCUT2D eigenvalue weighted by atomic mass is 9.66. The summed E-state index contributed by atoms with van der Waals surface area (Å²) in [5.74, 6) is -0.905. The van der Waals surface area contributed by atoms with E-state index in [2.05, 4.69) is 13.8 Å². The molecule has 1 spiro atoms. The Labute approximate surface area is 90.1 Å². The van der Waals surface area contributed by atoms with Crippen LogP contribution in [0.25, 0.3) is 0 Å². The van der Waals surface area contributed by atoms with Crippen molar-refractivity contribution in [2.75, 3.05) is 13.2 Å². The minimum Gasteiger partial charge on any atom is -0.369 e. The van der Waals surface area contributed by atoms with Crippen LogP contribution in [-0.4, -0.2) is 24.9 Å². The second-order valence-electron chi connectivity index (χ2n) is 5.26. The maximum Gasteiger partial charge on any atom is 0.221 e. The molecule has 1 amide bonds. The predicted octanol–water partition coefficient (Wildman–Crippen LogP) is 1.04. The van der Waals surface area contributed by atoms with E-state index in [1.807, 2.05) is 0 Å². The molecule has 0 bridgehead atoms. The van der Waals surface area contributed by atoms with Crippen LogP contribution in [-0.2, 0) is 14.3 Å². The first kappa shape index (κ1) is 10.9. The second kappa shape index (κ2) is 3.46. The topological polar surface area (TPSA) is 61.6 Å². The third kappa shape index (κ3) is 1.88. The highest BCUT2D eigenvalue weighted by molar-refractivity contribution is 5.77. The first-order valence-corrected chi connectivity index (χ1v) is 5.52. The van der Waals surface area contributed by atoms with Crippen LogP contribution in [0.5, 0.6) is 0 Å². The van der Waals surface area contributed by atoms with E-state index in [1.165, 1.54) is 0 Å². The highest BCUT2D eigenvalue weighted by Crippen LogP contribution is 2.47. The molecule has 2 aliphatic rings. The van der Waals surface area contributed by atoms with Crippen molar-refractivity contribution >= 4 is 5.91 Å². The molecule has 4 heteroatoms. The van der Waals surface area contributed by atoms with Crippen molar-refractivity contribution in [1.29, 1.82) is 0 Å². The fourth-order valence-corrected chi connectivity index (χ4v) is 2.62. The van der Waals surface area contributed by atoms with Crippen LogP contribution in [0, 0.1) is 11.3 Å². The van der Waals surface area contributed by atoms with Crippen molar-refractivity contribution in [3.8, 4) is 0 Å². The van der Waals surface area contributed by atoms with Crippen LogP contribution in [0.1, 0.15) is 33.1 Å². The number of ether oxygens (including phenoxy) is 2. The molecule has 2 rings (SSSR count). The van der Waals surface area contributed by atoms with Crippen molar-refractivity contribution in [1.82, 2.24) is 0 Å².